The van der Waals surface area contributed by atoms with Crippen LogP contribution >= 0.6 is 0 Å². The van der Waals surface area contributed by atoms with Gasteiger partial charge in [0, 0.05) is 0 Å². The minimum atomic E-state index is -0.325. The Morgan fingerprint density at radius 2 is 1.71 bits per heavy atom. The van der Waals surface area contributed by atoms with E-state index in [9.17, 15) is 0 Å². The van der Waals surface area contributed by atoms with Crippen LogP contribution in [-0.2, 0) is 13.7 Å². The first kappa shape index (κ1) is 12.0. The summed E-state index contributed by atoms with van der Waals surface area (Å²) in [4.78, 5) is 0. The minimum absolute atomic E-state index is 0.286. The lowest BCUT2D eigenvalue weighted by atomic mass is 9.80. The zero-order chi connectivity index (χ0) is 11.0. The van der Waals surface area contributed by atoms with Crippen molar-refractivity contribution in [2.75, 3.05) is 6.61 Å². The van der Waals surface area contributed by atoms with Crippen LogP contribution in [0, 0.1) is 0 Å². The summed E-state index contributed by atoms with van der Waals surface area (Å²) in [6, 6.07) is 0. The SMILES string of the molecule is C=C(CO[SiH3])B1OC(C)(C)C(C)(C)O1. The maximum Gasteiger partial charge on any atom is 0.492 e. The van der Waals surface area contributed by atoms with Crippen molar-refractivity contribution >= 4 is 17.6 Å². The van der Waals surface area contributed by atoms with Crippen LogP contribution < -0.4 is 0 Å². The molecule has 5 heteroatoms. The number of hydrogen-bond acceptors (Lipinski definition) is 3. The third-order valence-corrected chi connectivity index (χ3v) is 3.20. The van der Waals surface area contributed by atoms with Crippen molar-refractivity contribution in [2.45, 2.75) is 38.9 Å². The van der Waals surface area contributed by atoms with Gasteiger partial charge >= 0.3 is 7.12 Å². The topological polar surface area (TPSA) is 27.7 Å². The fraction of sp³-hybridized carbons (Fsp3) is 0.778. The first-order valence-electron chi connectivity index (χ1n) is 4.82. The van der Waals surface area contributed by atoms with Gasteiger partial charge in [-0.2, -0.15) is 0 Å². The van der Waals surface area contributed by atoms with E-state index < -0.39 is 0 Å². The van der Waals surface area contributed by atoms with Crippen molar-refractivity contribution in [3.63, 3.8) is 0 Å². The van der Waals surface area contributed by atoms with Crippen molar-refractivity contribution in [1.29, 1.82) is 0 Å². The molecular formula is C9H19BO3Si. The molecule has 80 valence electrons. The van der Waals surface area contributed by atoms with E-state index >= 15 is 0 Å². The van der Waals surface area contributed by atoms with Gasteiger partial charge in [0.15, 0.2) is 0 Å². The Morgan fingerprint density at radius 1 is 1.29 bits per heavy atom. The Hall–Kier alpha value is -0.0982. The zero-order valence-electron chi connectivity index (χ0n) is 9.72. The number of hydrogen-bond donors (Lipinski definition) is 0. The lowest BCUT2D eigenvalue weighted by Gasteiger charge is -2.32. The Balaban J connectivity index is 2.68. The second-order valence-electron chi connectivity index (χ2n) is 4.68. The van der Waals surface area contributed by atoms with Gasteiger partial charge < -0.3 is 13.7 Å². The summed E-state index contributed by atoms with van der Waals surface area (Å²) in [7, 11) is 0.387. The third-order valence-electron chi connectivity index (χ3n) is 2.92. The fourth-order valence-corrected chi connectivity index (χ4v) is 1.63. The molecule has 0 spiro atoms. The van der Waals surface area contributed by atoms with E-state index in [1.54, 1.807) is 0 Å². The van der Waals surface area contributed by atoms with Gasteiger partial charge in [0.05, 0.1) is 17.8 Å². The van der Waals surface area contributed by atoms with E-state index in [4.69, 9.17) is 13.7 Å². The third kappa shape index (κ3) is 2.11. The predicted molar refractivity (Wildman–Crippen MR) is 61.1 cm³/mol. The van der Waals surface area contributed by atoms with Crippen molar-refractivity contribution in [2.24, 2.45) is 0 Å². The molecule has 1 heterocycles. The highest BCUT2D eigenvalue weighted by molar-refractivity contribution is 6.54. The lowest BCUT2D eigenvalue weighted by molar-refractivity contribution is 0.00578. The molecule has 1 rings (SSSR count). The summed E-state index contributed by atoms with van der Waals surface area (Å²) in [6.45, 7) is 12.6. The van der Waals surface area contributed by atoms with Crippen molar-refractivity contribution in [3.8, 4) is 0 Å². The summed E-state index contributed by atoms with van der Waals surface area (Å²) in [5.41, 5.74) is 0.288. The van der Waals surface area contributed by atoms with Crippen LogP contribution in [0.5, 0.6) is 0 Å². The molecule has 1 aliphatic rings. The van der Waals surface area contributed by atoms with Crippen LogP contribution in [0.15, 0.2) is 12.1 Å². The summed E-state index contributed by atoms with van der Waals surface area (Å²) in [5.74, 6) is 0. The highest BCUT2D eigenvalue weighted by atomic mass is 28.2. The van der Waals surface area contributed by atoms with E-state index in [0.29, 0.717) is 17.1 Å². The molecule has 0 aromatic carbocycles. The van der Waals surface area contributed by atoms with Crippen LogP contribution in [0.2, 0.25) is 0 Å². The van der Waals surface area contributed by atoms with Crippen molar-refractivity contribution < 1.29 is 13.7 Å². The van der Waals surface area contributed by atoms with E-state index in [0.717, 1.165) is 5.47 Å². The van der Waals surface area contributed by atoms with Gasteiger partial charge in [-0.05, 0) is 33.2 Å². The Labute approximate surface area is 89.5 Å². The molecule has 0 aromatic heterocycles. The molecule has 0 aliphatic carbocycles. The number of rotatable bonds is 3. The van der Waals surface area contributed by atoms with Crippen molar-refractivity contribution in [3.05, 3.63) is 12.1 Å². The van der Waals surface area contributed by atoms with E-state index in [1.165, 1.54) is 0 Å². The van der Waals surface area contributed by atoms with Gasteiger partial charge in [0.1, 0.15) is 10.5 Å². The van der Waals surface area contributed by atoms with Crippen LogP contribution in [0.3, 0.4) is 0 Å². The molecule has 0 amide bonds. The molecule has 14 heavy (non-hydrogen) atoms. The molecular weight excluding hydrogens is 195 g/mol. The molecule has 0 radical (unpaired) electrons. The standard InChI is InChI=1S/C9H19BO3Si/c1-7(6-11-14)10-12-8(2,3)9(4,5)13-10/h1,6H2,2-5,14H3. The lowest BCUT2D eigenvalue weighted by Crippen LogP contribution is -2.41. The molecule has 0 saturated carbocycles. The smallest absolute Gasteiger partial charge is 0.425 e. The molecule has 0 bridgehead atoms. The zero-order valence-corrected chi connectivity index (χ0v) is 11.7. The highest BCUT2D eigenvalue weighted by Crippen LogP contribution is 2.38. The molecule has 0 N–H and O–H groups in total. The average Bonchev–Trinajstić information content (AvgIpc) is 2.22. The van der Waals surface area contributed by atoms with E-state index in [-0.39, 0.29) is 18.3 Å². The maximum absolute atomic E-state index is 5.79. The van der Waals surface area contributed by atoms with Gasteiger partial charge in [0.25, 0.3) is 0 Å². The molecule has 1 fully saturated rings. The monoisotopic (exact) mass is 214 g/mol. The van der Waals surface area contributed by atoms with E-state index in [2.05, 4.69) is 6.58 Å². The minimum Gasteiger partial charge on any atom is -0.425 e. The Kier molecular flexibility index (Phi) is 3.26. The molecule has 1 aliphatic heterocycles. The van der Waals surface area contributed by atoms with Crippen LogP contribution in [0.25, 0.3) is 0 Å². The first-order valence-corrected chi connectivity index (χ1v) is 5.64. The Bertz CT molecular complexity index is 224. The van der Waals surface area contributed by atoms with Gasteiger partial charge in [-0.3, -0.25) is 0 Å². The van der Waals surface area contributed by atoms with Crippen LogP contribution in [0.1, 0.15) is 27.7 Å². The summed E-state index contributed by atoms with van der Waals surface area (Å²) in [5, 5.41) is 0. The average molecular weight is 214 g/mol. The molecule has 0 atom stereocenters. The maximum atomic E-state index is 5.79. The predicted octanol–water partition coefficient (Wildman–Crippen LogP) is 0.471. The van der Waals surface area contributed by atoms with Gasteiger partial charge in [0.2, 0.25) is 0 Å². The van der Waals surface area contributed by atoms with Crippen LogP contribution in [0.4, 0.5) is 0 Å². The van der Waals surface area contributed by atoms with Crippen molar-refractivity contribution in [1.82, 2.24) is 0 Å². The van der Waals surface area contributed by atoms with Crippen LogP contribution in [-0.4, -0.2) is 35.4 Å². The second kappa shape index (κ2) is 3.81. The molecule has 0 aromatic rings. The summed E-state index contributed by atoms with van der Waals surface area (Å²) >= 11 is 0. The largest absolute Gasteiger partial charge is 0.492 e. The fourth-order valence-electron chi connectivity index (χ4n) is 1.26. The second-order valence-corrected chi connectivity index (χ2v) is 5.26. The van der Waals surface area contributed by atoms with Gasteiger partial charge in [-0.15, -0.1) is 6.58 Å². The Morgan fingerprint density at radius 3 is 2.07 bits per heavy atom. The summed E-state index contributed by atoms with van der Waals surface area (Å²) < 4.78 is 16.7. The molecule has 3 nitrogen and oxygen atoms in total. The molecule has 0 unspecified atom stereocenters. The van der Waals surface area contributed by atoms with Gasteiger partial charge in [-0.25, -0.2) is 0 Å². The van der Waals surface area contributed by atoms with E-state index in [1.807, 2.05) is 27.7 Å². The quantitative estimate of drug-likeness (QED) is 0.639. The van der Waals surface area contributed by atoms with Gasteiger partial charge in [-0.1, -0.05) is 0 Å². The summed E-state index contributed by atoms with van der Waals surface area (Å²) in [6.07, 6.45) is 0. The normalized spacial score (nSPS) is 24.1. The first-order chi connectivity index (χ1) is 6.30. The molecule has 1 saturated heterocycles. The highest BCUT2D eigenvalue weighted by Gasteiger charge is 2.51.